The molecule has 0 aliphatic carbocycles. The zero-order valence-corrected chi connectivity index (χ0v) is 14.3. The van der Waals surface area contributed by atoms with Gasteiger partial charge in [0.2, 0.25) is 5.91 Å². The van der Waals surface area contributed by atoms with Crippen LogP contribution in [0.5, 0.6) is 0 Å². The highest BCUT2D eigenvalue weighted by molar-refractivity contribution is 6.05. The fraction of sp³-hybridized carbons (Fsp3) is 0.190. The number of aromatic nitrogens is 1. The number of pyridine rings is 1. The van der Waals surface area contributed by atoms with Crippen molar-refractivity contribution in [3.63, 3.8) is 0 Å². The maximum atomic E-state index is 12.6. The minimum atomic E-state index is -0.458. The fourth-order valence-electron chi connectivity index (χ4n) is 3.56. The molecule has 5 heteroatoms. The van der Waals surface area contributed by atoms with Crippen molar-refractivity contribution in [1.29, 1.82) is 0 Å². The molecule has 1 saturated heterocycles. The minimum Gasteiger partial charge on any atom is -0.366 e. The predicted molar refractivity (Wildman–Crippen MR) is 100.0 cm³/mol. The highest BCUT2D eigenvalue weighted by Gasteiger charge is 2.29. The Balaban J connectivity index is 1.63. The van der Waals surface area contributed by atoms with Gasteiger partial charge in [0.15, 0.2) is 0 Å². The summed E-state index contributed by atoms with van der Waals surface area (Å²) in [6, 6.07) is 18.6. The number of hydrogen-bond donors (Lipinski definition) is 1. The summed E-state index contributed by atoms with van der Waals surface area (Å²) in [7, 11) is 0. The van der Waals surface area contributed by atoms with Crippen LogP contribution in [0.4, 0.5) is 0 Å². The number of nitrogens with two attached hydrogens (primary N) is 1. The van der Waals surface area contributed by atoms with E-state index in [2.05, 4.69) is 0 Å². The minimum absolute atomic E-state index is 0.0315. The monoisotopic (exact) mass is 345 g/mol. The Morgan fingerprint density at radius 1 is 1.04 bits per heavy atom. The average molecular weight is 345 g/mol. The molecule has 2 heterocycles. The molecule has 0 bridgehead atoms. The number of likely N-dealkylation sites (tertiary alicyclic amines) is 1. The van der Waals surface area contributed by atoms with Crippen LogP contribution in [0, 0.1) is 0 Å². The van der Waals surface area contributed by atoms with Gasteiger partial charge in [0.25, 0.3) is 5.91 Å². The lowest BCUT2D eigenvalue weighted by atomic mass is 9.99. The molecule has 0 radical (unpaired) electrons. The van der Waals surface area contributed by atoms with Crippen molar-refractivity contribution in [3.05, 3.63) is 77.5 Å². The second-order valence-electron chi connectivity index (χ2n) is 6.58. The molecule has 0 saturated carbocycles. The third-order valence-corrected chi connectivity index (χ3v) is 4.92. The summed E-state index contributed by atoms with van der Waals surface area (Å²) in [6.45, 7) is 1.27. The number of benzene rings is 2. The molecule has 0 spiro atoms. The molecule has 130 valence electrons. The van der Waals surface area contributed by atoms with Gasteiger partial charge in [0.1, 0.15) is 0 Å². The van der Waals surface area contributed by atoms with Crippen LogP contribution in [-0.2, 0) is 0 Å². The van der Waals surface area contributed by atoms with E-state index >= 15 is 0 Å². The van der Waals surface area contributed by atoms with E-state index in [1.165, 1.54) is 0 Å². The van der Waals surface area contributed by atoms with Gasteiger partial charge in [-0.05, 0) is 30.7 Å². The number of para-hydroxylation sites is 1. The van der Waals surface area contributed by atoms with Gasteiger partial charge in [0.05, 0.1) is 11.1 Å². The zero-order chi connectivity index (χ0) is 18.1. The number of hydrogen-bond acceptors (Lipinski definition) is 3. The van der Waals surface area contributed by atoms with E-state index in [9.17, 15) is 9.59 Å². The highest BCUT2D eigenvalue weighted by Crippen LogP contribution is 2.30. The normalized spacial score (nSPS) is 16.8. The maximum absolute atomic E-state index is 12.6. The Bertz CT molecular complexity index is 985. The molecule has 2 aromatic carbocycles. The summed E-state index contributed by atoms with van der Waals surface area (Å²) < 4.78 is 0. The van der Waals surface area contributed by atoms with Crippen LogP contribution in [0.1, 0.15) is 38.7 Å². The summed E-state index contributed by atoms with van der Waals surface area (Å²) in [5.74, 6) is -0.325. The van der Waals surface area contributed by atoms with Crippen LogP contribution < -0.4 is 5.73 Å². The highest BCUT2D eigenvalue weighted by atomic mass is 16.2. The fourth-order valence-corrected chi connectivity index (χ4v) is 3.56. The largest absolute Gasteiger partial charge is 0.366 e. The third-order valence-electron chi connectivity index (χ3n) is 4.92. The molecule has 1 aliphatic heterocycles. The van der Waals surface area contributed by atoms with Gasteiger partial charge in [-0.15, -0.1) is 0 Å². The van der Waals surface area contributed by atoms with E-state index in [0.717, 1.165) is 23.0 Å². The number of rotatable bonds is 3. The summed E-state index contributed by atoms with van der Waals surface area (Å²) in [6.07, 6.45) is 0.822. The average Bonchev–Trinajstić information content (AvgIpc) is 3.17. The van der Waals surface area contributed by atoms with Crippen molar-refractivity contribution in [3.8, 4) is 0 Å². The number of primary amides is 1. The second kappa shape index (κ2) is 6.59. The van der Waals surface area contributed by atoms with Gasteiger partial charge in [-0.2, -0.15) is 0 Å². The smallest absolute Gasteiger partial charge is 0.253 e. The lowest BCUT2D eigenvalue weighted by Crippen LogP contribution is -2.28. The summed E-state index contributed by atoms with van der Waals surface area (Å²) in [5, 5.41) is 0.763. The van der Waals surface area contributed by atoms with Crippen LogP contribution in [-0.4, -0.2) is 34.8 Å². The van der Waals surface area contributed by atoms with Crippen molar-refractivity contribution in [2.24, 2.45) is 5.73 Å². The standard InChI is InChI=1S/C21H19N3O2/c22-20(25)17-12-19(23-18-9-5-4-8-16(17)18)15-10-11-24(13-15)21(26)14-6-2-1-3-7-14/h1-9,12,15H,10-11,13H2,(H2,22,25)/t15-/m1/s1. The lowest BCUT2D eigenvalue weighted by molar-refractivity contribution is 0.0790. The molecular formula is C21H19N3O2. The quantitative estimate of drug-likeness (QED) is 0.793. The Morgan fingerprint density at radius 2 is 1.77 bits per heavy atom. The first kappa shape index (κ1) is 16.3. The van der Waals surface area contributed by atoms with Gasteiger partial charge in [-0.25, -0.2) is 0 Å². The van der Waals surface area contributed by atoms with Gasteiger partial charge < -0.3 is 10.6 Å². The predicted octanol–water partition coefficient (Wildman–Crippen LogP) is 2.96. The number of nitrogens with zero attached hydrogens (tertiary/aromatic N) is 2. The van der Waals surface area contributed by atoms with Crippen LogP contribution in [0.15, 0.2) is 60.7 Å². The number of amides is 2. The number of fused-ring (bicyclic) bond motifs is 1. The Labute approximate surface area is 151 Å². The van der Waals surface area contributed by atoms with Gasteiger partial charge >= 0.3 is 0 Å². The molecule has 4 rings (SSSR count). The van der Waals surface area contributed by atoms with E-state index in [-0.39, 0.29) is 11.8 Å². The molecule has 5 nitrogen and oxygen atoms in total. The second-order valence-corrected chi connectivity index (χ2v) is 6.58. The first-order valence-corrected chi connectivity index (χ1v) is 8.67. The van der Waals surface area contributed by atoms with E-state index in [4.69, 9.17) is 10.7 Å². The van der Waals surface area contributed by atoms with Gasteiger partial charge in [-0.3, -0.25) is 14.6 Å². The van der Waals surface area contributed by atoms with E-state index in [1.54, 1.807) is 6.07 Å². The Morgan fingerprint density at radius 3 is 2.54 bits per heavy atom. The van der Waals surface area contributed by atoms with Crippen molar-refractivity contribution in [2.45, 2.75) is 12.3 Å². The van der Waals surface area contributed by atoms with Crippen LogP contribution in [0.25, 0.3) is 10.9 Å². The molecule has 2 N–H and O–H groups in total. The third kappa shape index (κ3) is 2.92. The van der Waals surface area contributed by atoms with Crippen LogP contribution in [0.3, 0.4) is 0 Å². The van der Waals surface area contributed by atoms with E-state index < -0.39 is 5.91 Å². The van der Waals surface area contributed by atoms with Crippen molar-refractivity contribution in [2.75, 3.05) is 13.1 Å². The van der Waals surface area contributed by atoms with Crippen molar-refractivity contribution < 1.29 is 9.59 Å². The van der Waals surface area contributed by atoms with Gasteiger partial charge in [0, 0.05) is 35.7 Å². The van der Waals surface area contributed by atoms with E-state index in [0.29, 0.717) is 24.2 Å². The van der Waals surface area contributed by atoms with Gasteiger partial charge in [-0.1, -0.05) is 36.4 Å². The maximum Gasteiger partial charge on any atom is 0.253 e. The van der Waals surface area contributed by atoms with E-state index in [1.807, 2.05) is 59.5 Å². The Kier molecular flexibility index (Phi) is 4.13. The SMILES string of the molecule is NC(=O)c1cc([C@@H]2CCN(C(=O)c3ccccc3)C2)nc2ccccc12. The summed E-state index contributed by atoms with van der Waals surface area (Å²) >= 11 is 0. The molecule has 1 atom stereocenters. The zero-order valence-electron chi connectivity index (χ0n) is 14.3. The Hall–Kier alpha value is -3.21. The molecule has 3 aromatic rings. The first-order chi connectivity index (χ1) is 12.6. The topological polar surface area (TPSA) is 76.3 Å². The molecular weight excluding hydrogens is 326 g/mol. The van der Waals surface area contributed by atoms with Crippen LogP contribution >= 0.6 is 0 Å². The number of carbonyl (C=O) groups is 2. The molecule has 2 amide bonds. The van der Waals surface area contributed by atoms with Crippen molar-refractivity contribution >= 4 is 22.7 Å². The molecule has 1 fully saturated rings. The number of carbonyl (C=O) groups excluding carboxylic acids is 2. The van der Waals surface area contributed by atoms with Crippen molar-refractivity contribution in [1.82, 2.24) is 9.88 Å². The summed E-state index contributed by atoms with van der Waals surface area (Å²) in [5.41, 5.74) is 8.32. The van der Waals surface area contributed by atoms with Crippen LogP contribution in [0.2, 0.25) is 0 Å². The molecule has 1 aromatic heterocycles. The molecule has 0 unspecified atom stereocenters. The molecule has 26 heavy (non-hydrogen) atoms. The molecule has 1 aliphatic rings. The summed E-state index contributed by atoms with van der Waals surface area (Å²) in [4.78, 5) is 31.1. The first-order valence-electron chi connectivity index (χ1n) is 8.67. The lowest BCUT2D eigenvalue weighted by Gasteiger charge is -2.17.